The SMILES string of the molecule is CC(=O)Oc1ccc2c(c1)-c1c(ccn1CC(C)N)C2.O=C(O)/C=C/C(=O)O. The van der Waals surface area contributed by atoms with E-state index in [0.717, 1.165) is 18.5 Å². The molecule has 28 heavy (non-hydrogen) atoms. The van der Waals surface area contributed by atoms with E-state index in [4.69, 9.17) is 20.7 Å². The van der Waals surface area contributed by atoms with Crippen LogP contribution in [0.2, 0.25) is 0 Å². The molecule has 0 amide bonds. The molecule has 0 saturated carbocycles. The molecule has 1 aliphatic carbocycles. The highest BCUT2D eigenvalue weighted by Gasteiger charge is 2.23. The summed E-state index contributed by atoms with van der Waals surface area (Å²) in [5.74, 6) is -2.22. The summed E-state index contributed by atoms with van der Waals surface area (Å²) >= 11 is 0. The van der Waals surface area contributed by atoms with Gasteiger partial charge in [-0.3, -0.25) is 4.79 Å². The van der Waals surface area contributed by atoms with Crippen LogP contribution in [-0.4, -0.2) is 38.7 Å². The molecule has 1 unspecified atom stereocenters. The van der Waals surface area contributed by atoms with Crippen molar-refractivity contribution in [2.24, 2.45) is 5.73 Å². The summed E-state index contributed by atoms with van der Waals surface area (Å²) in [6, 6.07) is 8.07. The molecule has 1 aromatic heterocycles. The zero-order chi connectivity index (χ0) is 20.8. The van der Waals surface area contributed by atoms with Crippen LogP contribution in [-0.2, 0) is 27.3 Å². The number of aliphatic carboxylic acids is 2. The average Bonchev–Trinajstić information content (AvgIpc) is 3.12. The molecule has 1 heterocycles. The van der Waals surface area contributed by atoms with Gasteiger partial charge in [-0.05, 0) is 36.2 Å². The second-order valence-corrected chi connectivity index (χ2v) is 6.42. The van der Waals surface area contributed by atoms with Gasteiger partial charge in [0.05, 0.1) is 5.69 Å². The lowest BCUT2D eigenvalue weighted by Gasteiger charge is -2.12. The summed E-state index contributed by atoms with van der Waals surface area (Å²) in [6.45, 7) is 4.20. The molecule has 0 spiro atoms. The third kappa shape index (κ3) is 5.55. The van der Waals surface area contributed by atoms with Gasteiger partial charge in [0.15, 0.2) is 0 Å². The number of rotatable bonds is 5. The van der Waals surface area contributed by atoms with Gasteiger partial charge < -0.3 is 25.3 Å². The first kappa shape index (κ1) is 20.9. The summed E-state index contributed by atoms with van der Waals surface area (Å²) < 4.78 is 7.36. The predicted molar refractivity (Wildman–Crippen MR) is 102 cm³/mol. The van der Waals surface area contributed by atoms with Crippen LogP contribution in [0.3, 0.4) is 0 Å². The van der Waals surface area contributed by atoms with E-state index in [9.17, 15) is 14.4 Å². The van der Waals surface area contributed by atoms with Crippen LogP contribution in [0.1, 0.15) is 25.0 Å². The van der Waals surface area contributed by atoms with Crippen molar-refractivity contribution in [3.63, 3.8) is 0 Å². The van der Waals surface area contributed by atoms with E-state index in [2.05, 4.69) is 16.8 Å². The second-order valence-electron chi connectivity index (χ2n) is 6.42. The molecule has 0 radical (unpaired) electrons. The van der Waals surface area contributed by atoms with Crippen LogP contribution in [0.4, 0.5) is 0 Å². The molecule has 0 saturated heterocycles. The second kappa shape index (κ2) is 9.01. The number of hydrogen-bond donors (Lipinski definition) is 3. The zero-order valence-corrected chi connectivity index (χ0v) is 15.6. The number of fused-ring (bicyclic) bond motifs is 3. The number of aromatic nitrogens is 1. The van der Waals surface area contributed by atoms with Crippen LogP contribution in [0, 0.1) is 0 Å². The van der Waals surface area contributed by atoms with Crippen molar-refractivity contribution in [1.82, 2.24) is 4.57 Å². The number of ether oxygens (including phenoxy) is 1. The highest BCUT2D eigenvalue weighted by Crippen LogP contribution is 2.39. The molecule has 0 fully saturated rings. The first-order valence-corrected chi connectivity index (χ1v) is 8.56. The minimum Gasteiger partial charge on any atom is -0.478 e. The maximum absolute atomic E-state index is 11.1. The van der Waals surface area contributed by atoms with E-state index in [1.807, 2.05) is 25.1 Å². The van der Waals surface area contributed by atoms with Crippen molar-refractivity contribution in [2.75, 3.05) is 0 Å². The molecular formula is C20H22N2O6. The lowest BCUT2D eigenvalue weighted by atomic mass is 10.1. The summed E-state index contributed by atoms with van der Waals surface area (Å²) in [5, 5.41) is 15.6. The molecule has 0 bridgehead atoms. The first-order valence-electron chi connectivity index (χ1n) is 8.56. The van der Waals surface area contributed by atoms with E-state index < -0.39 is 11.9 Å². The Hall–Kier alpha value is -3.39. The fourth-order valence-electron chi connectivity index (χ4n) is 2.96. The molecular weight excluding hydrogens is 364 g/mol. The zero-order valence-electron chi connectivity index (χ0n) is 15.6. The number of nitrogens with zero attached hydrogens (tertiary/aromatic N) is 1. The smallest absolute Gasteiger partial charge is 0.328 e. The van der Waals surface area contributed by atoms with Crippen LogP contribution in [0.5, 0.6) is 5.75 Å². The Balaban J connectivity index is 0.000000300. The Morgan fingerprint density at radius 2 is 1.82 bits per heavy atom. The van der Waals surface area contributed by atoms with Gasteiger partial charge in [-0.1, -0.05) is 6.07 Å². The maximum atomic E-state index is 11.1. The first-order chi connectivity index (χ1) is 13.2. The Morgan fingerprint density at radius 3 is 2.36 bits per heavy atom. The molecule has 8 heteroatoms. The summed E-state index contributed by atoms with van der Waals surface area (Å²) in [6.07, 6.45) is 4.12. The number of esters is 1. The van der Waals surface area contributed by atoms with Gasteiger partial charge in [0.1, 0.15) is 5.75 Å². The maximum Gasteiger partial charge on any atom is 0.328 e. The van der Waals surface area contributed by atoms with E-state index in [-0.39, 0.29) is 12.0 Å². The number of carbonyl (C=O) groups is 3. The van der Waals surface area contributed by atoms with Crippen LogP contribution < -0.4 is 10.5 Å². The lowest BCUT2D eigenvalue weighted by Crippen LogP contribution is -2.22. The lowest BCUT2D eigenvalue weighted by molar-refractivity contribution is -0.134. The molecule has 1 aromatic carbocycles. The van der Waals surface area contributed by atoms with Crippen molar-refractivity contribution in [2.45, 2.75) is 32.9 Å². The number of carboxylic acids is 2. The van der Waals surface area contributed by atoms with Gasteiger partial charge in [-0.2, -0.15) is 0 Å². The molecule has 4 N–H and O–H groups in total. The predicted octanol–water partition coefficient (Wildman–Crippen LogP) is 2.04. The van der Waals surface area contributed by atoms with Crippen molar-refractivity contribution < 1.29 is 29.3 Å². The standard InChI is InChI=1S/C16H18N2O2.C4H4O4/c1-10(17)9-18-6-5-13-7-12-3-4-14(20-11(2)19)8-15(12)16(13)18;5-3(6)1-2-4(7)8/h3-6,8,10H,7,9,17H2,1-2H3;1-2H,(H,5,6)(H,7,8)/b;2-1+. The van der Waals surface area contributed by atoms with E-state index in [1.165, 1.54) is 23.7 Å². The Bertz CT molecular complexity index is 911. The Labute approximate surface area is 161 Å². The average molecular weight is 386 g/mol. The Morgan fingerprint density at radius 1 is 1.18 bits per heavy atom. The van der Waals surface area contributed by atoms with Crippen LogP contribution in [0.15, 0.2) is 42.6 Å². The van der Waals surface area contributed by atoms with Gasteiger partial charge in [0, 0.05) is 49.8 Å². The molecule has 3 rings (SSSR count). The molecule has 148 valence electrons. The van der Waals surface area contributed by atoms with Crippen molar-refractivity contribution >= 4 is 17.9 Å². The topological polar surface area (TPSA) is 132 Å². The monoisotopic (exact) mass is 386 g/mol. The molecule has 8 nitrogen and oxygen atoms in total. The number of nitrogens with two attached hydrogens (primary N) is 1. The van der Waals surface area contributed by atoms with Crippen LogP contribution >= 0.6 is 0 Å². The fourth-order valence-corrected chi connectivity index (χ4v) is 2.96. The third-order valence-corrected chi connectivity index (χ3v) is 3.88. The van der Waals surface area contributed by atoms with Gasteiger partial charge in [-0.15, -0.1) is 0 Å². The highest BCUT2D eigenvalue weighted by atomic mass is 16.5. The molecule has 1 atom stereocenters. The quantitative estimate of drug-likeness (QED) is 0.347. The van der Waals surface area contributed by atoms with Crippen molar-refractivity contribution in [1.29, 1.82) is 0 Å². The van der Waals surface area contributed by atoms with Gasteiger partial charge in [-0.25, -0.2) is 9.59 Å². The molecule has 2 aromatic rings. The van der Waals surface area contributed by atoms with Gasteiger partial charge in [0.25, 0.3) is 0 Å². The number of benzene rings is 1. The Kier molecular flexibility index (Phi) is 6.73. The summed E-state index contributed by atoms with van der Waals surface area (Å²) in [4.78, 5) is 30.2. The van der Waals surface area contributed by atoms with E-state index in [1.54, 1.807) is 0 Å². The van der Waals surface area contributed by atoms with Crippen LogP contribution in [0.25, 0.3) is 11.3 Å². The summed E-state index contributed by atoms with van der Waals surface area (Å²) in [5.41, 5.74) is 10.8. The normalized spacial score (nSPS) is 12.5. The minimum absolute atomic E-state index is 0.104. The third-order valence-electron chi connectivity index (χ3n) is 3.88. The van der Waals surface area contributed by atoms with E-state index >= 15 is 0 Å². The number of carboxylic acid groups (broad SMARTS) is 2. The molecule has 1 aliphatic rings. The van der Waals surface area contributed by atoms with Crippen molar-refractivity contribution in [3.8, 4) is 17.0 Å². The number of hydrogen-bond acceptors (Lipinski definition) is 5. The van der Waals surface area contributed by atoms with E-state index in [0.29, 0.717) is 17.9 Å². The minimum atomic E-state index is -1.26. The van der Waals surface area contributed by atoms with Gasteiger partial charge >= 0.3 is 17.9 Å². The highest BCUT2D eigenvalue weighted by molar-refractivity contribution is 5.89. The molecule has 0 aliphatic heterocycles. The van der Waals surface area contributed by atoms with Gasteiger partial charge in [0.2, 0.25) is 0 Å². The fraction of sp³-hybridized carbons (Fsp3) is 0.250. The van der Waals surface area contributed by atoms with Crippen molar-refractivity contribution in [3.05, 3.63) is 53.7 Å². The largest absolute Gasteiger partial charge is 0.478 e. The summed E-state index contributed by atoms with van der Waals surface area (Å²) in [7, 11) is 0. The number of carbonyl (C=O) groups excluding carboxylic acids is 1.